The molecule has 2 aliphatic rings. The van der Waals surface area contributed by atoms with Crippen LogP contribution in [0.2, 0.25) is 0 Å². The zero-order valence-electron chi connectivity index (χ0n) is 28.5. The van der Waals surface area contributed by atoms with E-state index < -0.39 is 52.4 Å². The zero-order chi connectivity index (χ0) is 38.9. The summed E-state index contributed by atoms with van der Waals surface area (Å²) in [4.78, 5) is 37.7. The van der Waals surface area contributed by atoms with E-state index in [1.54, 1.807) is 4.90 Å². The van der Waals surface area contributed by atoms with E-state index in [1.807, 2.05) is 54.7 Å². The van der Waals surface area contributed by atoms with Crippen molar-refractivity contribution in [3.8, 4) is 0 Å². The number of ketones is 1. The van der Waals surface area contributed by atoms with Crippen LogP contribution in [0.5, 0.6) is 0 Å². The number of allylic oxidation sites excluding steroid dienone is 1. The Morgan fingerprint density at radius 3 is 1.72 bits per heavy atom. The molecule has 0 spiro atoms. The Balaban J connectivity index is 0.000000391. The summed E-state index contributed by atoms with van der Waals surface area (Å²) in [6.45, 7) is 14.7. The summed E-state index contributed by atoms with van der Waals surface area (Å²) in [5.74, 6) is 0.113. The second-order valence-corrected chi connectivity index (χ2v) is 16.3. The Bertz CT molecular complexity index is 1570. The van der Waals surface area contributed by atoms with Gasteiger partial charge >= 0.3 is 43.2 Å². The van der Waals surface area contributed by atoms with E-state index in [-0.39, 0.29) is 24.5 Å². The van der Waals surface area contributed by atoms with Crippen LogP contribution in [0.3, 0.4) is 0 Å². The van der Waals surface area contributed by atoms with E-state index in [9.17, 15) is 57.6 Å². The summed E-state index contributed by atoms with van der Waals surface area (Å²) in [7, 11) is -12.8. The average molecular weight is 769 g/mol. The second kappa shape index (κ2) is 17.1. The molecule has 0 unspecified atom stereocenters. The summed E-state index contributed by atoms with van der Waals surface area (Å²) in [5.41, 5.74) is -12.7. The molecule has 1 N–H and O–H groups in total. The molecule has 0 atom stereocenters. The molecule has 21 heteroatoms. The molecule has 286 valence electrons. The van der Waals surface area contributed by atoms with Crippen LogP contribution in [0.1, 0.15) is 74.1 Å². The maximum Gasteiger partial charge on any atom is 0.518 e. The predicted octanol–water partition coefficient (Wildman–Crippen LogP) is 6.20. The molecular formula is C29H42F6N4O9S2. The standard InChI is InChI=1S/C11H19NO2.C10H17NO3.C8H6F6N2O4S2/c1-9-6-5-7-12(8-9)10(13)14-11(2,3)4;1-10(2,3)14-9(13)11-6-4-5-8(12)7-11;9-7(10,11)21(17,18)15-16(6-4-2-1-3-5-6)22(19,20)8(12,13)14/h8H,5-7H2,1-4H3;4-7H2,1-3H3;1-5,15H. The van der Waals surface area contributed by atoms with Gasteiger partial charge in [-0.3, -0.25) is 9.69 Å². The highest BCUT2D eigenvalue weighted by Gasteiger charge is 2.55. The molecule has 1 saturated heterocycles. The van der Waals surface area contributed by atoms with E-state index in [0.717, 1.165) is 37.9 Å². The number of likely N-dealkylation sites (tertiary alicyclic amines) is 1. The number of alkyl halides is 6. The van der Waals surface area contributed by atoms with Crippen LogP contribution in [-0.4, -0.2) is 86.5 Å². The van der Waals surface area contributed by atoms with Crippen LogP contribution in [-0.2, 0) is 34.3 Å². The molecule has 3 rings (SSSR count). The third-order valence-corrected chi connectivity index (χ3v) is 8.42. The maximum absolute atomic E-state index is 12.5. The maximum atomic E-state index is 12.5. The van der Waals surface area contributed by atoms with Crippen LogP contribution in [0.25, 0.3) is 0 Å². The van der Waals surface area contributed by atoms with Gasteiger partial charge in [0.1, 0.15) is 11.2 Å². The van der Waals surface area contributed by atoms with Crippen molar-refractivity contribution in [2.75, 3.05) is 24.0 Å². The zero-order valence-corrected chi connectivity index (χ0v) is 30.1. The van der Waals surface area contributed by atoms with Gasteiger partial charge in [0.05, 0.1) is 12.2 Å². The summed E-state index contributed by atoms with van der Waals surface area (Å²) in [6.07, 6.45) is 4.71. The first-order valence-corrected chi connectivity index (χ1v) is 17.8. The molecule has 1 aromatic carbocycles. The number of nitrogens with zero attached hydrogens (tertiary/aromatic N) is 3. The van der Waals surface area contributed by atoms with Crippen LogP contribution in [0, 0.1) is 0 Å². The molecule has 2 heterocycles. The average Bonchev–Trinajstić information content (AvgIpc) is 2.94. The van der Waals surface area contributed by atoms with Gasteiger partial charge < -0.3 is 14.4 Å². The number of benzene rings is 1. The molecule has 1 aromatic rings. The van der Waals surface area contributed by atoms with Crippen LogP contribution in [0.15, 0.2) is 42.1 Å². The van der Waals surface area contributed by atoms with Crippen molar-refractivity contribution >= 4 is 43.7 Å². The molecular weight excluding hydrogens is 726 g/mol. The highest BCUT2D eigenvalue weighted by Crippen LogP contribution is 2.31. The number of carbonyl (C=O) groups is 3. The van der Waals surface area contributed by atoms with Crippen LogP contribution in [0.4, 0.5) is 41.6 Å². The molecule has 0 aromatic heterocycles. The summed E-state index contributed by atoms with van der Waals surface area (Å²) in [6, 6.07) is 4.55. The molecule has 1 fully saturated rings. The van der Waals surface area contributed by atoms with Gasteiger partial charge in [0.2, 0.25) is 0 Å². The van der Waals surface area contributed by atoms with Gasteiger partial charge in [-0.1, -0.05) is 23.8 Å². The molecule has 0 saturated carbocycles. The Labute approximate surface area is 287 Å². The predicted molar refractivity (Wildman–Crippen MR) is 170 cm³/mol. The van der Waals surface area contributed by atoms with E-state index in [0.29, 0.717) is 29.9 Å². The number of nitrogens with one attached hydrogen (secondary N) is 1. The normalized spacial score (nSPS) is 16.2. The molecule has 2 aliphatic heterocycles. The molecule has 13 nitrogen and oxygen atoms in total. The van der Waals surface area contributed by atoms with Crippen molar-refractivity contribution in [2.45, 2.75) is 96.4 Å². The number of sulfonamides is 2. The number of halogens is 6. The Morgan fingerprint density at radius 2 is 1.28 bits per heavy atom. The van der Waals surface area contributed by atoms with Crippen LogP contribution >= 0.6 is 0 Å². The number of anilines is 1. The lowest BCUT2D eigenvalue weighted by molar-refractivity contribution is -0.122. The van der Waals surface area contributed by atoms with Gasteiger partial charge in [0.25, 0.3) is 0 Å². The number of hydrazine groups is 1. The summed E-state index contributed by atoms with van der Waals surface area (Å²) in [5, 5.41) is 0. The number of para-hydroxylation sites is 1. The van der Waals surface area contributed by atoms with Crippen molar-refractivity contribution in [3.05, 3.63) is 42.1 Å². The third kappa shape index (κ3) is 14.7. The Kier molecular flexibility index (Phi) is 15.2. The monoisotopic (exact) mass is 768 g/mol. The topological polar surface area (TPSA) is 160 Å². The first kappa shape index (κ1) is 44.4. The fraction of sp³-hybridized carbons (Fsp3) is 0.621. The van der Waals surface area contributed by atoms with Crippen molar-refractivity contribution < 1.29 is 67.0 Å². The number of piperidine rings is 1. The van der Waals surface area contributed by atoms with Gasteiger partial charge in [0, 0.05) is 25.7 Å². The number of hydrogen-bond acceptors (Lipinski definition) is 9. The fourth-order valence-electron chi connectivity index (χ4n) is 3.78. The van der Waals surface area contributed by atoms with E-state index in [1.165, 1.54) is 16.5 Å². The number of carbonyl (C=O) groups excluding carboxylic acids is 3. The van der Waals surface area contributed by atoms with Crippen molar-refractivity contribution in [3.63, 3.8) is 0 Å². The van der Waals surface area contributed by atoms with Crippen LogP contribution < -0.4 is 9.25 Å². The molecule has 50 heavy (non-hydrogen) atoms. The minimum Gasteiger partial charge on any atom is -0.444 e. The Morgan fingerprint density at radius 1 is 0.780 bits per heavy atom. The highest BCUT2D eigenvalue weighted by atomic mass is 32.2. The van der Waals surface area contributed by atoms with Crippen molar-refractivity contribution in [2.24, 2.45) is 0 Å². The largest absolute Gasteiger partial charge is 0.518 e. The first-order valence-electron chi connectivity index (χ1n) is 14.9. The SMILES string of the molecule is CC(C)(C)OC(=O)N1CCCC(=O)C1.CC1=CN(C(=O)OC(C)(C)C)CCC1.O=S(=O)(NN(c1ccccc1)S(=O)(=O)C(F)(F)F)C(F)(F)F. The van der Waals surface area contributed by atoms with Gasteiger partial charge in [0.15, 0.2) is 5.78 Å². The molecule has 0 bridgehead atoms. The minimum atomic E-state index is -6.44. The third-order valence-electron chi connectivity index (χ3n) is 5.91. The minimum absolute atomic E-state index is 0.113. The number of ether oxygens (including phenoxy) is 2. The van der Waals surface area contributed by atoms with E-state index in [4.69, 9.17) is 9.47 Å². The van der Waals surface area contributed by atoms with E-state index in [2.05, 4.69) is 0 Å². The number of Topliss-reactive ketones (excluding diaryl/α,β-unsaturated/α-hetero) is 1. The summed E-state index contributed by atoms with van der Waals surface area (Å²) >= 11 is 0. The van der Waals surface area contributed by atoms with Gasteiger partial charge in [-0.05, 0) is 79.9 Å². The molecule has 0 radical (unpaired) electrons. The second-order valence-electron chi connectivity index (χ2n) is 12.9. The quantitative estimate of drug-likeness (QED) is 0.278. The number of hydrogen-bond donors (Lipinski definition) is 1. The first-order chi connectivity index (χ1) is 22.5. The lowest BCUT2D eigenvalue weighted by atomic mass is 10.1. The number of rotatable bonds is 4. The van der Waals surface area contributed by atoms with Crippen molar-refractivity contribution in [1.82, 2.24) is 14.6 Å². The fourth-order valence-corrected chi connectivity index (χ4v) is 5.50. The smallest absolute Gasteiger partial charge is 0.444 e. The van der Waals surface area contributed by atoms with Crippen molar-refractivity contribution in [1.29, 1.82) is 0 Å². The highest BCUT2D eigenvalue weighted by molar-refractivity contribution is 7.95. The lowest BCUT2D eigenvalue weighted by Gasteiger charge is -2.29. The Hall–Kier alpha value is -3.59. The summed E-state index contributed by atoms with van der Waals surface area (Å²) < 4.78 is 128. The molecule has 0 aliphatic carbocycles. The van der Waals surface area contributed by atoms with Gasteiger partial charge in [-0.15, -0.1) is 4.83 Å². The molecule has 2 amide bonds. The van der Waals surface area contributed by atoms with Gasteiger partial charge in [-0.2, -0.15) is 39.2 Å². The number of amides is 2. The van der Waals surface area contributed by atoms with E-state index >= 15 is 0 Å². The lowest BCUT2D eigenvalue weighted by Crippen LogP contribution is -2.54. The van der Waals surface area contributed by atoms with Gasteiger partial charge in [-0.25, -0.2) is 18.0 Å².